The van der Waals surface area contributed by atoms with Gasteiger partial charge in [0.15, 0.2) is 5.82 Å². The number of fused-ring (bicyclic) bond motifs is 2. The molecule has 33 heavy (non-hydrogen) atoms. The molecule has 3 heterocycles. The summed E-state index contributed by atoms with van der Waals surface area (Å²) in [6.45, 7) is 3.46. The van der Waals surface area contributed by atoms with Crippen LogP contribution in [0, 0.1) is 11.6 Å². The van der Waals surface area contributed by atoms with Gasteiger partial charge in [0.2, 0.25) is 0 Å². The van der Waals surface area contributed by atoms with Gasteiger partial charge in [-0.2, -0.15) is 9.97 Å². The first-order chi connectivity index (χ1) is 16.0. The Labute approximate surface area is 189 Å². The van der Waals surface area contributed by atoms with Crippen molar-refractivity contribution in [2.24, 2.45) is 0 Å². The van der Waals surface area contributed by atoms with Crippen molar-refractivity contribution < 1.29 is 18.6 Å². The molecule has 8 heteroatoms. The molecular formula is C25H24F2N4O2. The lowest BCUT2D eigenvalue weighted by molar-refractivity contribution is 0.381. The van der Waals surface area contributed by atoms with Gasteiger partial charge >= 0.3 is 6.01 Å². The first-order valence-corrected chi connectivity index (χ1v) is 11.1. The molecule has 1 N–H and O–H groups in total. The summed E-state index contributed by atoms with van der Waals surface area (Å²) in [6.07, 6.45) is 5.17. The van der Waals surface area contributed by atoms with Crippen LogP contribution in [0.4, 0.5) is 14.6 Å². The van der Waals surface area contributed by atoms with E-state index in [-0.39, 0.29) is 28.8 Å². The van der Waals surface area contributed by atoms with Crippen LogP contribution in [0.25, 0.3) is 32.9 Å². The molecule has 0 unspecified atom stereocenters. The summed E-state index contributed by atoms with van der Waals surface area (Å²) < 4.78 is 35.9. The number of aromatic nitrogens is 3. The fourth-order valence-corrected chi connectivity index (χ4v) is 4.68. The Morgan fingerprint density at radius 1 is 1.09 bits per heavy atom. The Hall–Kier alpha value is -3.55. The minimum absolute atomic E-state index is 0.00551. The van der Waals surface area contributed by atoms with E-state index in [1.807, 2.05) is 6.92 Å². The van der Waals surface area contributed by atoms with E-state index in [1.54, 1.807) is 12.3 Å². The number of hydrogen-bond acceptors (Lipinski definition) is 6. The first kappa shape index (κ1) is 21.3. The molecule has 1 fully saturated rings. The third-order valence-electron chi connectivity index (χ3n) is 6.24. The van der Waals surface area contributed by atoms with Gasteiger partial charge in [-0.3, -0.25) is 4.98 Å². The van der Waals surface area contributed by atoms with Gasteiger partial charge in [0.25, 0.3) is 0 Å². The first-order valence-electron chi connectivity index (χ1n) is 11.1. The second-order valence-corrected chi connectivity index (χ2v) is 8.24. The predicted molar refractivity (Wildman–Crippen MR) is 124 cm³/mol. The van der Waals surface area contributed by atoms with Crippen LogP contribution in [0.1, 0.15) is 31.7 Å². The van der Waals surface area contributed by atoms with Crippen LogP contribution in [0.15, 0.2) is 30.5 Å². The SMILES string of the molecule is CCc1c(F)ccc2cc(O)cc(-c3ncc4c(N5CCCCC5)nc(OC)nc4c3F)c12. The number of rotatable bonds is 4. The van der Waals surface area contributed by atoms with Crippen molar-refractivity contribution >= 4 is 27.5 Å². The Balaban J connectivity index is 1.79. The lowest BCUT2D eigenvalue weighted by Gasteiger charge is -2.28. The standard InChI is InChI=1S/C25H24F2N4O2/c1-3-16-19(26)8-7-14-11-15(32)12-17(20(14)16)22-21(27)23-18(13-28-22)24(30-25(29-23)33-2)31-9-5-4-6-10-31/h7-8,11-13,32H,3-6,9-10H2,1-2H3. The van der Waals surface area contributed by atoms with Gasteiger partial charge in [-0.05, 0) is 60.2 Å². The molecular weight excluding hydrogens is 426 g/mol. The summed E-state index contributed by atoms with van der Waals surface area (Å²) in [7, 11) is 1.44. The van der Waals surface area contributed by atoms with E-state index in [0.29, 0.717) is 39.5 Å². The van der Waals surface area contributed by atoms with E-state index >= 15 is 4.39 Å². The average Bonchev–Trinajstić information content (AvgIpc) is 2.84. The molecule has 6 nitrogen and oxygen atoms in total. The monoisotopic (exact) mass is 450 g/mol. The van der Waals surface area contributed by atoms with Crippen molar-refractivity contribution in [3.05, 3.63) is 47.7 Å². The van der Waals surface area contributed by atoms with Gasteiger partial charge in [-0.15, -0.1) is 0 Å². The number of hydrogen-bond donors (Lipinski definition) is 1. The van der Waals surface area contributed by atoms with Gasteiger partial charge in [0, 0.05) is 24.8 Å². The maximum atomic E-state index is 16.0. The average molecular weight is 450 g/mol. The number of halogens is 2. The van der Waals surface area contributed by atoms with Crippen LogP contribution in [0.5, 0.6) is 11.8 Å². The third-order valence-corrected chi connectivity index (χ3v) is 6.24. The fourth-order valence-electron chi connectivity index (χ4n) is 4.68. The molecule has 0 radical (unpaired) electrons. The lowest BCUT2D eigenvalue weighted by Crippen LogP contribution is -2.30. The molecule has 0 saturated carbocycles. The van der Waals surface area contributed by atoms with Gasteiger partial charge in [0.05, 0.1) is 12.5 Å². The topological polar surface area (TPSA) is 71.4 Å². The van der Waals surface area contributed by atoms with E-state index in [0.717, 1.165) is 32.4 Å². The van der Waals surface area contributed by atoms with Crippen molar-refractivity contribution in [3.8, 4) is 23.0 Å². The molecule has 1 aliphatic heterocycles. The Kier molecular flexibility index (Phi) is 5.44. The van der Waals surface area contributed by atoms with Crippen molar-refractivity contribution in [2.45, 2.75) is 32.6 Å². The van der Waals surface area contributed by atoms with Gasteiger partial charge in [0.1, 0.15) is 28.6 Å². The summed E-state index contributed by atoms with van der Waals surface area (Å²) in [5, 5.41) is 11.9. The summed E-state index contributed by atoms with van der Waals surface area (Å²) in [4.78, 5) is 15.3. The maximum absolute atomic E-state index is 16.0. The van der Waals surface area contributed by atoms with Crippen LogP contribution in [-0.4, -0.2) is 40.3 Å². The van der Waals surface area contributed by atoms with E-state index in [4.69, 9.17) is 4.74 Å². The molecule has 0 atom stereocenters. The van der Waals surface area contributed by atoms with E-state index in [9.17, 15) is 9.50 Å². The van der Waals surface area contributed by atoms with Gasteiger partial charge in [-0.1, -0.05) is 13.0 Å². The highest BCUT2D eigenvalue weighted by atomic mass is 19.1. The highest BCUT2D eigenvalue weighted by molar-refractivity contribution is 6.01. The number of benzene rings is 2. The quantitative estimate of drug-likeness (QED) is 0.450. The molecule has 1 aliphatic rings. The summed E-state index contributed by atoms with van der Waals surface area (Å²) in [5.74, 6) is -0.503. The molecule has 0 spiro atoms. The Morgan fingerprint density at radius 3 is 2.61 bits per heavy atom. The number of nitrogens with zero attached hydrogens (tertiary/aromatic N) is 4. The summed E-state index contributed by atoms with van der Waals surface area (Å²) >= 11 is 0. The molecule has 4 aromatic rings. The molecule has 170 valence electrons. The highest BCUT2D eigenvalue weighted by Gasteiger charge is 2.23. The molecule has 1 saturated heterocycles. The van der Waals surface area contributed by atoms with Crippen LogP contribution < -0.4 is 9.64 Å². The molecule has 2 aromatic carbocycles. The summed E-state index contributed by atoms with van der Waals surface area (Å²) in [6, 6.07) is 5.96. The minimum atomic E-state index is -0.662. The van der Waals surface area contributed by atoms with E-state index in [1.165, 1.54) is 25.3 Å². The van der Waals surface area contributed by atoms with Crippen LogP contribution in [0.2, 0.25) is 0 Å². The van der Waals surface area contributed by atoms with Crippen molar-refractivity contribution in [2.75, 3.05) is 25.1 Å². The minimum Gasteiger partial charge on any atom is -0.508 e. The Bertz CT molecular complexity index is 1370. The number of pyridine rings is 1. The molecule has 0 amide bonds. The molecule has 0 bridgehead atoms. The number of anilines is 1. The second-order valence-electron chi connectivity index (χ2n) is 8.24. The highest BCUT2D eigenvalue weighted by Crippen LogP contribution is 2.39. The number of aromatic hydroxyl groups is 1. The van der Waals surface area contributed by atoms with Crippen molar-refractivity contribution in [3.63, 3.8) is 0 Å². The predicted octanol–water partition coefficient (Wildman–Crippen LogP) is 5.39. The molecule has 0 aliphatic carbocycles. The largest absolute Gasteiger partial charge is 0.508 e. The number of piperidine rings is 1. The maximum Gasteiger partial charge on any atom is 0.318 e. The Morgan fingerprint density at radius 2 is 1.88 bits per heavy atom. The number of ether oxygens (including phenoxy) is 1. The third kappa shape index (κ3) is 3.59. The molecule has 5 rings (SSSR count). The summed E-state index contributed by atoms with van der Waals surface area (Å²) in [5.41, 5.74) is 0.836. The zero-order chi connectivity index (χ0) is 23.1. The number of phenolic OH excluding ortho intramolecular Hbond substituents is 1. The fraction of sp³-hybridized carbons (Fsp3) is 0.320. The van der Waals surface area contributed by atoms with Gasteiger partial charge in [-0.25, -0.2) is 8.78 Å². The van der Waals surface area contributed by atoms with Crippen LogP contribution >= 0.6 is 0 Å². The van der Waals surface area contributed by atoms with Crippen LogP contribution in [-0.2, 0) is 6.42 Å². The van der Waals surface area contributed by atoms with E-state index < -0.39 is 5.82 Å². The van der Waals surface area contributed by atoms with Crippen molar-refractivity contribution in [1.82, 2.24) is 15.0 Å². The lowest BCUT2D eigenvalue weighted by atomic mass is 9.94. The van der Waals surface area contributed by atoms with Gasteiger partial charge < -0.3 is 14.7 Å². The van der Waals surface area contributed by atoms with Crippen molar-refractivity contribution in [1.29, 1.82) is 0 Å². The smallest absolute Gasteiger partial charge is 0.318 e. The number of phenols is 1. The van der Waals surface area contributed by atoms with Crippen LogP contribution in [0.3, 0.4) is 0 Å². The number of aryl methyl sites for hydroxylation is 1. The zero-order valence-corrected chi connectivity index (χ0v) is 18.5. The zero-order valence-electron chi connectivity index (χ0n) is 18.5. The normalized spacial score (nSPS) is 14.2. The molecule has 2 aromatic heterocycles. The second kappa shape index (κ2) is 8.42. The van der Waals surface area contributed by atoms with E-state index in [2.05, 4.69) is 19.9 Å². The number of methoxy groups -OCH3 is 1.